The summed E-state index contributed by atoms with van der Waals surface area (Å²) in [6.45, 7) is 13.8. The molecule has 0 rings (SSSR count). The molecular weight excluding hydrogens is 331 g/mol. The van der Waals surface area contributed by atoms with E-state index in [1.54, 1.807) is 0 Å². The molecule has 0 aromatic rings. The fraction of sp³-hybridized carbons (Fsp3) is 1.00. The van der Waals surface area contributed by atoms with Crippen molar-refractivity contribution in [3.05, 3.63) is 0 Å². The van der Waals surface area contributed by atoms with E-state index in [0.29, 0.717) is 7.27 Å². The van der Waals surface area contributed by atoms with E-state index in [9.17, 15) is 0 Å². The topological polar surface area (TPSA) is 0 Å². The van der Waals surface area contributed by atoms with Crippen LogP contribution in [0.2, 0.25) is 7.27 Å². The van der Waals surface area contributed by atoms with E-state index < -0.39 is 0 Å². The molecule has 0 heterocycles. The van der Waals surface area contributed by atoms with Gasteiger partial charge in [0.1, 0.15) is 0 Å². The van der Waals surface area contributed by atoms with Gasteiger partial charge in [-0.15, -0.1) is 24.0 Å². The van der Waals surface area contributed by atoms with Gasteiger partial charge in [0.05, 0.1) is 0 Å². The Labute approximate surface area is 91.9 Å². The van der Waals surface area contributed by atoms with Crippen molar-refractivity contribution in [3.63, 3.8) is 0 Å². The van der Waals surface area contributed by atoms with E-state index in [-0.39, 0.29) is 24.0 Å². The van der Waals surface area contributed by atoms with Gasteiger partial charge < -0.3 is 0 Å². The van der Waals surface area contributed by atoms with Gasteiger partial charge in [-0.05, 0) is 0 Å². The van der Waals surface area contributed by atoms with Crippen LogP contribution in [0.1, 0.15) is 41.5 Å². The van der Waals surface area contributed by atoms with Gasteiger partial charge in [-0.1, -0.05) is 0 Å². The van der Waals surface area contributed by atoms with E-state index >= 15 is 0 Å². The summed E-state index contributed by atoms with van der Waals surface area (Å²) in [5, 5.41) is 0. The molecule has 0 bridgehead atoms. The minimum absolute atomic E-state index is 0. The Morgan fingerprint density at radius 2 is 0.900 bits per heavy atom. The average Bonchev–Trinajstić information content (AvgIpc) is 1.14. The van der Waals surface area contributed by atoms with Crippen molar-refractivity contribution in [2.75, 3.05) is 0 Å². The summed E-state index contributed by atoms with van der Waals surface area (Å²) in [6.07, 6.45) is 0. The number of halogens is 1. The molecule has 0 aromatic carbocycles. The van der Waals surface area contributed by atoms with Crippen molar-refractivity contribution in [2.24, 2.45) is 0 Å². The van der Waals surface area contributed by atoms with Gasteiger partial charge in [0.15, 0.2) is 0 Å². The smallest absolute Gasteiger partial charge is 0.107 e. The number of hydrogen-bond acceptors (Lipinski definition) is 0. The standard InChI is InChI=1S/2C4H9.Ag.HI/c2*1-4(2)3;;/h2*1-3H3;;1H. The molecule has 0 saturated carbocycles. The first-order chi connectivity index (χ1) is 3.71. The third kappa shape index (κ3) is 12.2. The Morgan fingerprint density at radius 3 is 0.900 bits per heavy atom. The second-order valence-corrected chi connectivity index (χ2v) is 8.80. The molecule has 10 heavy (non-hydrogen) atoms. The predicted molar refractivity (Wildman–Crippen MR) is 54.8 cm³/mol. The maximum Gasteiger partial charge on any atom is -0.107 e. The molecule has 0 atom stereocenters. The molecule has 2 heteroatoms. The van der Waals surface area contributed by atoms with Crippen LogP contribution in [0.15, 0.2) is 0 Å². The molecular formula is C8H19AgI. The molecule has 0 aliphatic heterocycles. The summed E-state index contributed by atoms with van der Waals surface area (Å²) in [5.41, 5.74) is 0. The first kappa shape index (κ1) is 14.0. The molecule has 0 aliphatic rings. The summed E-state index contributed by atoms with van der Waals surface area (Å²) in [6, 6.07) is 0. The first-order valence-electron chi connectivity index (χ1n) is 3.30. The van der Waals surface area contributed by atoms with Gasteiger partial charge in [-0.2, -0.15) is 0 Å². The maximum absolute atomic E-state index is 2.30. The third-order valence-electron chi connectivity index (χ3n) is 0.452. The van der Waals surface area contributed by atoms with E-state index in [1.165, 1.54) is 0 Å². The summed E-state index contributed by atoms with van der Waals surface area (Å²) >= 11 is 1.03. The van der Waals surface area contributed by atoms with Crippen molar-refractivity contribution >= 4 is 24.0 Å². The minimum Gasteiger partial charge on any atom is -0.107 e. The van der Waals surface area contributed by atoms with Crippen molar-refractivity contribution in [2.45, 2.75) is 48.8 Å². The minimum atomic E-state index is 0. The van der Waals surface area contributed by atoms with Gasteiger partial charge in [0.25, 0.3) is 0 Å². The van der Waals surface area contributed by atoms with Crippen molar-refractivity contribution in [1.29, 1.82) is 0 Å². The third-order valence-corrected chi connectivity index (χ3v) is 2.68. The van der Waals surface area contributed by atoms with Crippen LogP contribution in [0.25, 0.3) is 0 Å². The Hall–Kier alpha value is 1.47. The monoisotopic (exact) mass is 349 g/mol. The van der Waals surface area contributed by atoms with Gasteiger partial charge in [-0.25, -0.2) is 0 Å². The zero-order valence-electron chi connectivity index (χ0n) is 7.71. The zero-order chi connectivity index (χ0) is 7.71. The van der Waals surface area contributed by atoms with Crippen LogP contribution < -0.4 is 0 Å². The van der Waals surface area contributed by atoms with Crippen LogP contribution in [0.5, 0.6) is 0 Å². The predicted octanol–water partition coefficient (Wildman–Crippen LogP) is 4.12. The molecule has 0 fully saturated rings. The van der Waals surface area contributed by atoms with Crippen LogP contribution in [0.4, 0.5) is 0 Å². The summed E-state index contributed by atoms with van der Waals surface area (Å²) in [7, 11) is 0. The van der Waals surface area contributed by atoms with Crippen molar-refractivity contribution in [1.82, 2.24) is 0 Å². The zero-order valence-corrected chi connectivity index (χ0v) is 11.5. The molecule has 0 N–H and O–H groups in total. The van der Waals surface area contributed by atoms with E-state index in [1.807, 2.05) is 0 Å². The van der Waals surface area contributed by atoms with Gasteiger partial charge in [-0.3, -0.25) is 0 Å². The molecule has 69 valence electrons. The molecule has 0 saturated heterocycles. The van der Waals surface area contributed by atoms with E-state index in [4.69, 9.17) is 0 Å². The Morgan fingerprint density at radius 1 is 0.700 bits per heavy atom. The van der Waals surface area contributed by atoms with Gasteiger partial charge >= 0.3 is 68.6 Å². The van der Waals surface area contributed by atoms with Crippen LogP contribution in [-0.4, -0.2) is 0 Å². The molecule has 0 aliphatic carbocycles. The van der Waals surface area contributed by atoms with E-state index in [0.717, 1.165) is 19.8 Å². The average molecular weight is 350 g/mol. The first-order valence-corrected chi connectivity index (χ1v) is 4.78. The van der Waals surface area contributed by atoms with Crippen LogP contribution in [0.3, 0.4) is 0 Å². The second-order valence-electron chi connectivity index (χ2n) is 3.98. The summed E-state index contributed by atoms with van der Waals surface area (Å²) in [4.78, 5) is 0. The van der Waals surface area contributed by atoms with E-state index in [2.05, 4.69) is 41.5 Å². The largest absolute Gasteiger partial charge is 0.107 e. The molecule has 0 amide bonds. The van der Waals surface area contributed by atoms with Gasteiger partial charge in [0, 0.05) is 0 Å². The number of rotatable bonds is 0. The normalized spacial score (nSPS) is 13.0. The fourth-order valence-electron chi connectivity index (χ4n) is 0.678. The fourth-order valence-corrected chi connectivity index (χ4v) is 4.01. The van der Waals surface area contributed by atoms with Crippen LogP contribution >= 0.6 is 24.0 Å². The second kappa shape index (κ2) is 4.48. The Balaban J connectivity index is 0. The SMILES string of the molecule is C[C](C)(C)[Ag][C](C)(C)C.I. The van der Waals surface area contributed by atoms with Gasteiger partial charge in [0.2, 0.25) is 0 Å². The summed E-state index contributed by atoms with van der Waals surface area (Å²) < 4.78 is 1.03. The quantitative estimate of drug-likeness (QED) is 0.455. The molecule has 0 spiro atoms. The molecule has 0 radical (unpaired) electrons. The van der Waals surface area contributed by atoms with Crippen LogP contribution in [0, 0.1) is 0 Å². The van der Waals surface area contributed by atoms with Crippen LogP contribution in [-0.2, 0) is 19.8 Å². The van der Waals surface area contributed by atoms with Crippen molar-refractivity contribution < 1.29 is 19.8 Å². The van der Waals surface area contributed by atoms with Crippen molar-refractivity contribution in [3.8, 4) is 0 Å². The summed E-state index contributed by atoms with van der Waals surface area (Å²) in [5.74, 6) is 0. The number of hydrogen-bond donors (Lipinski definition) is 0. The molecule has 0 unspecified atom stereocenters. The maximum atomic E-state index is 2.30. The Bertz CT molecular complexity index is 74.4. The Kier molecular flexibility index (Phi) is 6.29. The molecule has 0 aromatic heterocycles. The molecule has 0 nitrogen and oxygen atoms in total.